The zero-order valence-electron chi connectivity index (χ0n) is 21.2. The molecule has 0 spiro atoms. The van der Waals surface area contributed by atoms with Gasteiger partial charge in [0.25, 0.3) is 5.56 Å². The lowest BCUT2D eigenvalue weighted by Crippen LogP contribution is -2.39. The lowest BCUT2D eigenvalue weighted by molar-refractivity contribution is -0.144. The smallest absolute Gasteiger partial charge is 0.327 e. The quantitative estimate of drug-likeness (QED) is 0.438. The van der Waals surface area contributed by atoms with E-state index in [0.29, 0.717) is 25.0 Å². The first-order chi connectivity index (χ1) is 16.9. The number of tetrazole rings is 1. The summed E-state index contributed by atoms with van der Waals surface area (Å²) in [5.74, 6) is 0.288. The predicted molar refractivity (Wildman–Crippen MR) is 134 cm³/mol. The Morgan fingerprint density at radius 3 is 2.74 bits per heavy atom. The molecule has 188 valence electrons. The van der Waals surface area contributed by atoms with Gasteiger partial charge in [-0.2, -0.15) is 0 Å². The van der Waals surface area contributed by atoms with Crippen LogP contribution in [-0.2, 0) is 22.6 Å². The van der Waals surface area contributed by atoms with Crippen molar-refractivity contribution in [1.82, 2.24) is 30.1 Å². The Morgan fingerprint density at radius 1 is 1.26 bits per heavy atom. The fraction of sp³-hybridized carbons (Fsp3) is 0.577. The molecule has 0 radical (unpaired) electrons. The Balaban J connectivity index is 1.72. The number of aromatic nitrogens is 5. The van der Waals surface area contributed by atoms with E-state index in [1.807, 2.05) is 13.0 Å². The van der Waals surface area contributed by atoms with Gasteiger partial charge in [0.2, 0.25) is 0 Å². The number of rotatable bonds is 10. The molecule has 4 rings (SSSR count). The number of aryl methyl sites for hydroxylation is 2. The number of fused-ring (bicyclic) bond motifs is 1. The van der Waals surface area contributed by atoms with Crippen molar-refractivity contribution in [2.75, 3.05) is 6.61 Å². The van der Waals surface area contributed by atoms with E-state index in [-0.39, 0.29) is 24.1 Å². The van der Waals surface area contributed by atoms with E-state index in [1.165, 1.54) is 12.8 Å². The van der Waals surface area contributed by atoms with Crippen molar-refractivity contribution in [3.05, 3.63) is 51.1 Å². The molecule has 1 saturated carbocycles. The summed E-state index contributed by atoms with van der Waals surface area (Å²) in [7, 11) is 0. The van der Waals surface area contributed by atoms with Crippen LogP contribution in [0, 0.1) is 13.8 Å². The maximum absolute atomic E-state index is 13.2. The van der Waals surface area contributed by atoms with Gasteiger partial charge >= 0.3 is 5.97 Å². The maximum Gasteiger partial charge on any atom is 0.327 e. The van der Waals surface area contributed by atoms with Crippen LogP contribution in [0.25, 0.3) is 10.9 Å². The largest absolute Gasteiger partial charge is 0.465 e. The number of carbonyl (C=O) groups is 1. The molecule has 0 bridgehead atoms. The van der Waals surface area contributed by atoms with Crippen LogP contribution in [0.15, 0.2) is 23.0 Å². The minimum absolute atomic E-state index is 0.0237. The van der Waals surface area contributed by atoms with E-state index in [2.05, 4.69) is 51.4 Å². The lowest BCUT2D eigenvalue weighted by Gasteiger charge is -2.35. The molecule has 2 heterocycles. The Morgan fingerprint density at radius 2 is 2.03 bits per heavy atom. The number of hydrogen-bond acceptors (Lipinski definition) is 7. The van der Waals surface area contributed by atoms with Gasteiger partial charge in [0.1, 0.15) is 6.54 Å². The van der Waals surface area contributed by atoms with Crippen LogP contribution in [0.5, 0.6) is 0 Å². The highest BCUT2D eigenvalue weighted by Gasteiger charge is 2.33. The average molecular weight is 481 g/mol. The van der Waals surface area contributed by atoms with Crippen molar-refractivity contribution in [1.29, 1.82) is 0 Å². The summed E-state index contributed by atoms with van der Waals surface area (Å²) in [6, 6.07) is 6.41. The molecule has 9 heteroatoms. The zero-order valence-corrected chi connectivity index (χ0v) is 21.2. The van der Waals surface area contributed by atoms with Crippen LogP contribution in [-0.4, -0.2) is 48.7 Å². The van der Waals surface area contributed by atoms with Crippen molar-refractivity contribution in [2.45, 2.75) is 91.4 Å². The highest BCUT2D eigenvalue weighted by molar-refractivity contribution is 5.83. The van der Waals surface area contributed by atoms with Gasteiger partial charge in [-0.05, 0) is 73.0 Å². The van der Waals surface area contributed by atoms with Gasteiger partial charge in [-0.3, -0.25) is 14.5 Å². The van der Waals surface area contributed by atoms with Crippen LogP contribution in [0.1, 0.15) is 80.9 Å². The summed E-state index contributed by atoms with van der Waals surface area (Å²) < 4.78 is 6.68. The second kappa shape index (κ2) is 11.1. The van der Waals surface area contributed by atoms with Crippen molar-refractivity contribution in [3.63, 3.8) is 0 Å². The molecule has 3 aromatic rings. The molecule has 1 aliphatic rings. The second-order valence-electron chi connectivity index (χ2n) is 9.51. The van der Waals surface area contributed by atoms with E-state index < -0.39 is 0 Å². The molecule has 1 fully saturated rings. The van der Waals surface area contributed by atoms with Gasteiger partial charge in [-0.1, -0.05) is 38.3 Å². The number of H-pyrrole nitrogens is 1. The van der Waals surface area contributed by atoms with Crippen LogP contribution in [0.4, 0.5) is 0 Å². The standard InChI is InChI=1S/C26H36N6O3/c1-5-9-22(25-28-29-30-32(25)16-23(33)35-6-2)31(21-10-7-8-11-21)15-20-14-19-13-12-17(3)18(4)24(19)27-26(20)34/h12-14,21-22H,5-11,15-16H2,1-4H3,(H,27,34)/t22-/m0/s1. The third-order valence-corrected chi connectivity index (χ3v) is 7.18. The Bertz CT molecular complexity index is 1230. The van der Waals surface area contributed by atoms with Gasteiger partial charge < -0.3 is 9.72 Å². The summed E-state index contributed by atoms with van der Waals surface area (Å²) in [6.45, 7) is 8.80. The second-order valence-corrected chi connectivity index (χ2v) is 9.51. The SMILES string of the molecule is CCC[C@@H](c1nnnn1CC(=O)OCC)N(Cc1cc2ccc(C)c(C)c2[nH]c1=O)C1CCCC1. The number of nitrogens with one attached hydrogen (secondary N) is 1. The normalized spacial score (nSPS) is 15.2. The first-order valence-corrected chi connectivity index (χ1v) is 12.7. The number of ether oxygens (including phenoxy) is 1. The third kappa shape index (κ3) is 5.45. The van der Waals surface area contributed by atoms with E-state index in [1.54, 1.807) is 11.6 Å². The van der Waals surface area contributed by atoms with Gasteiger partial charge in [-0.15, -0.1) is 5.10 Å². The number of hydrogen-bond donors (Lipinski definition) is 1. The molecular weight excluding hydrogens is 444 g/mol. The summed E-state index contributed by atoms with van der Waals surface area (Å²) in [4.78, 5) is 30.9. The number of esters is 1. The molecule has 1 N–H and O–H groups in total. The minimum atomic E-state index is -0.361. The van der Waals surface area contributed by atoms with Crippen LogP contribution < -0.4 is 5.56 Å². The van der Waals surface area contributed by atoms with E-state index in [4.69, 9.17) is 4.74 Å². The van der Waals surface area contributed by atoms with Crippen molar-refractivity contribution < 1.29 is 9.53 Å². The van der Waals surface area contributed by atoms with E-state index >= 15 is 0 Å². The fourth-order valence-electron chi connectivity index (χ4n) is 5.22. The topological polar surface area (TPSA) is 106 Å². The lowest BCUT2D eigenvalue weighted by atomic mass is 10.0. The minimum Gasteiger partial charge on any atom is -0.465 e. The molecule has 0 unspecified atom stereocenters. The van der Waals surface area contributed by atoms with Crippen LogP contribution in [0.3, 0.4) is 0 Å². The van der Waals surface area contributed by atoms with E-state index in [0.717, 1.165) is 53.3 Å². The number of nitrogens with zero attached hydrogens (tertiary/aromatic N) is 5. The van der Waals surface area contributed by atoms with Gasteiger partial charge in [0.05, 0.1) is 18.2 Å². The number of carbonyl (C=O) groups excluding carboxylic acids is 1. The molecule has 0 saturated heterocycles. The first kappa shape index (κ1) is 25.0. The Hall–Kier alpha value is -3.07. The number of benzene rings is 1. The van der Waals surface area contributed by atoms with E-state index in [9.17, 15) is 9.59 Å². The van der Waals surface area contributed by atoms with Gasteiger partial charge in [0.15, 0.2) is 5.82 Å². The monoisotopic (exact) mass is 480 g/mol. The van der Waals surface area contributed by atoms with Crippen LogP contribution in [0.2, 0.25) is 0 Å². The number of aromatic amines is 1. The van der Waals surface area contributed by atoms with Gasteiger partial charge in [0, 0.05) is 18.2 Å². The summed E-state index contributed by atoms with van der Waals surface area (Å²) in [5.41, 5.74) is 3.83. The Labute approximate surface area is 205 Å². The molecule has 0 aliphatic heterocycles. The fourth-order valence-corrected chi connectivity index (χ4v) is 5.22. The molecule has 9 nitrogen and oxygen atoms in total. The Kier molecular flexibility index (Phi) is 7.95. The zero-order chi connectivity index (χ0) is 24.9. The molecule has 35 heavy (non-hydrogen) atoms. The van der Waals surface area contributed by atoms with Crippen molar-refractivity contribution >= 4 is 16.9 Å². The molecule has 1 aliphatic carbocycles. The molecule has 1 atom stereocenters. The first-order valence-electron chi connectivity index (χ1n) is 12.7. The van der Waals surface area contributed by atoms with Gasteiger partial charge in [-0.25, -0.2) is 4.68 Å². The molecular formula is C26H36N6O3. The molecule has 1 aromatic carbocycles. The van der Waals surface area contributed by atoms with Crippen LogP contribution >= 0.6 is 0 Å². The van der Waals surface area contributed by atoms with Crippen molar-refractivity contribution in [2.24, 2.45) is 0 Å². The highest BCUT2D eigenvalue weighted by atomic mass is 16.5. The van der Waals surface area contributed by atoms with Crippen molar-refractivity contribution in [3.8, 4) is 0 Å². The summed E-state index contributed by atoms with van der Waals surface area (Å²) in [6.07, 6.45) is 6.23. The number of pyridine rings is 1. The highest BCUT2D eigenvalue weighted by Crippen LogP contribution is 2.34. The predicted octanol–water partition coefficient (Wildman–Crippen LogP) is 3.98. The summed E-state index contributed by atoms with van der Waals surface area (Å²) >= 11 is 0. The molecule has 0 amide bonds. The summed E-state index contributed by atoms with van der Waals surface area (Å²) in [5, 5.41) is 13.4. The third-order valence-electron chi connectivity index (χ3n) is 7.18. The average Bonchev–Trinajstić information content (AvgIpc) is 3.52. The maximum atomic E-state index is 13.2. The molecule has 2 aromatic heterocycles.